The monoisotopic (exact) mass is 368 g/mol. The predicted molar refractivity (Wildman–Crippen MR) is 104 cm³/mol. The fourth-order valence-corrected chi connectivity index (χ4v) is 3.46. The molecule has 6 heteroatoms. The Morgan fingerprint density at radius 1 is 1.08 bits per heavy atom. The molecule has 1 atom stereocenters. The molecule has 1 saturated heterocycles. The molecule has 0 saturated carbocycles. The molecule has 0 spiro atoms. The van der Waals surface area contributed by atoms with Crippen LogP contribution in [0.3, 0.4) is 0 Å². The molecule has 1 aliphatic heterocycles. The molecular weight excluding hydrogens is 348 g/mol. The van der Waals surface area contributed by atoms with E-state index >= 15 is 0 Å². The minimum atomic E-state index is -1.19. The van der Waals surface area contributed by atoms with Gasteiger partial charge in [0.25, 0.3) is 0 Å². The summed E-state index contributed by atoms with van der Waals surface area (Å²) in [7, 11) is 1.58. The smallest absolute Gasteiger partial charge is 0.249 e. The van der Waals surface area contributed by atoms with Crippen LogP contribution in [0, 0.1) is 5.41 Å². The van der Waals surface area contributed by atoms with Crippen LogP contribution in [0.1, 0.15) is 18.9 Å². The maximum atomic E-state index is 13.4. The summed E-state index contributed by atoms with van der Waals surface area (Å²) in [4.78, 5) is 27.6. The van der Waals surface area contributed by atoms with Crippen molar-refractivity contribution in [1.82, 2.24) is 5.32 Å². The number of carbonyl (C=O) groups excluding carboxylic acids is 2. The van der Waals surface area contributed by atoms with Crippen molar-refractivity contribution in [3.63, 3.8) is 0 Å². The lowest BCUT2D eigenvalue weighted by molar-refractivity contribution is -0.142. The molecular formula is C20H20N2O3S. The summed E-state index contributed by atoms with van der Waals surface area (Å²) < 4.78 is 5.16. The third-order valence-corrected chi connectivity index (χ3v) is 5.04. The molecule has 1 fully saturated rings. The summed E-state index contributed by atoms with van der Waals surface area (Å²) in [6.45, 7) is 1.85. The number of thiocarbonyl (C=S) groups is 1. The van der Waals surface area contributed by atoms with Crippen molar-refractivity contribution in [2.24, 2.45) is 5.41 Å². The van der Waals surface area contributed by atoms with Gasteiger partial charge in [-0.15, -0.1) is 0 Å². The maximum absolute atomic E-state index is 13.4. The molecule has 3 rings (SSSR count). The van der Waals surface area contributed by atoms with E-state index in [-0.39, 0.29) is 16.9 Å². The third-order valence-electron chi connectivity index (χ3n) is 4.75. The Morgan fingerprint density at radius 3 is 2.31 bits per heavy atom. The molecule has 2 amide bonds. The normalized spacial score (nSPS) is 20.1. The maximum Gasteiger partial charge on any atom is 0.249 e. The van der Waals surface area contributed by atoms with E-state index in [4.69, 9.17) is 17.0 Å². The van der Waals surface area contributed by atoms with Crippen LogP contribution < -0.4 is 15.0 Å². The van der Waals surface area contributed by atoms with Crippen molar-refractivity contribution >= 4 is 34.8 Å². The van der Waals surface area contributed by atoms with Crippen molar-refractivity contribution < 1.29 is 14.3 Å². The highest BCUT2D eigenvalue weighted by molar-refractivity contribution is 7.80. The second-order valence-electron chi connectivity index (χ2n) is 6.20. The number of anilines is 1. The number of benzene rings is 2. The highest BCUT2D eigenvalue weighted by Crippen LogP contribution is 2.35. The standard InChI is InChI=1S/C20H20N2O3S/c1-3-20(13-14-7-5-4-6-8-14)17(23)21-19(26)22(18(20)24)15-9-11-16(25-2)12-10-15/h4-12H,3,13H2,1-2H3,(H,21,23,26)/t20-/m1/s1. The van der Waals surface area contributed by atoms with Gasteiger partial charge in [-0.1, -0.05) is 37.3 Å². The van der Waals surface area contributed by atoms with Crippen molar-refractivity contribution in [2.75, 3.05) is 12.0 Å². The van der Waals surface area contributed by atoms with Gasteiger partial charge in [0.05, 0.1) is 12.8 Å². The summed E-state index contributed by atoms with van der Waals surface area (Å²) in [6.07, 6.45) is 0.700. The van der Waals surface area contributed by atoms with Crippen LogP contribution in [0.4, 0.5) is 5.69 Å². The molecule has 1 aliphatic rings. The largest absolute Gasteiger partial charge is 0.497 e. The highest BCUT2D eigenvalue weighted by Gasteiger charge is 2.51. The lowest BCUT2D eigenvalue weighted by Gasteiger charge is -2.40. The van der Waals surface area contributed by atoms with Crippen molar-refractivity contribution in [2.45, 2.75) is 19.8 Å². The van der Waals surface area contributed by atoms with Gasteiger partial charge in [0.2, 0.25) is 11.8 Å². The minimum Gasteiger partial charge on any atom is -0.497 e. The van der Waals surface area contributed by atoms with Gasteiger partial charge in [0, 0.05) is 0 Å². The molecule has 1 N–H and O–H groups in total. The van der Waals surface area contributed by atoms with E-state index in [0.717, 1.165) is 5.56 Å². The van der Waals surface area contributed by atoms with Crippen LogP contribution in [0.15, 0.2) is 54.6 Å². The molecule has 26 heavy (non-hydrogen) atoms. The van der Waals surface area contributed by atoms with Gasteiger partial charge in [-0.25, -0.2) is 0 Å². The van der Waals surface area contributed by atoms with Gasteiger partial charge in [0.1, 0.15) is 11.2 Å². The molecule has 0 aromatic heterocycles. The Hall–Kier alpha value is -2.73. The fourth-order valence-electron chi connectivity index (χ4n) is 3.18. The topological polar surface area (TPSA) is 58.6 Å². The van der Waals surface area contributed by atoms with E-state index in [1.165, 1.54) is 4.90 Å². The first-order valence-electron chi connectivity index (χ1n) is 8.40. The molecule has 2 aromatic rings. The number of nitrogens with zero attached hydrogens (tertiary/aromatic N) is 1. The Morgan fingerprint density at radius 2 is 1.73 bits per heavy atom. The number of carbonyl (C=O) groups is 2. The first-order valence-corrected chi connectivity index (χ1v) is 8.80. The van der Waals surface area contributed by atoms with Crippen LogP contribution >= 0.6 is 12.2 Å². The molecule has 134 valence electrons. The molecule has 2 aromatic carbocycles. The average molecular weight is 368 g/mol. The summed E-state index contributed by atoms with van der Waals surface area (Å²) >= 11 is 5.28. The number of nitrogens with one attached hydrogen (secondary N) is 1. The van der Waals surface area contributed by atoms with Gasteiger partial charge in [-0.3, -0.25) is 14.5 Å². The Bertz CT molecular complexity index is 836. The molecule has 0 unspecified atom stereocenters. The van der Waals surface area contributed by atoms with E-state index in [1.54, 1.807) is 31.4 Å². The van der Waals surface area contributed by atoms with Crippen LogP contribution in [0.2, 0.25) is 0 Å². The highest BCUT2D eigenvalue weighted by atomic mass is 32.1. The van der Waals surface area contributed by atoms with E-state index < -0.39 is 5.41 Å². The molecule has 1 heterocycles. The zero-order valence-electron chi connectivity index (χ0n) is 14.7. The summed E-state index contributed by atoms with van der Waals surface area (Å²) in [5, 5.41) is 2.81. The van der Waals surface area contributed by atoms with Crippen molar-refractivity contribution in [3.8, 4) is 5.75 Å². The average Bonchev–Trinajstić information content (AvgIpc) is 2.66. The number of hydrogen-bond donors (Lipinski definition) is 1. The van der Waals surface area contributed by atoms with Gasteiger partial charge < -0.3 is 10.1 Å². The molecule has 5 nitrogen and oxygen atoms in total. The van der Waals surface area contributed by atoms with Gasteiger partial charge >= 0.3 is 0 Å². The summed E-state index contributed by atoms with van der Waals surface area (Å²) in [5.74, 6) is 0.0330. The van der Waals surface area contributed by atoms with Crippen molar-refractivity contribution in [1.29, 1.82) is 0 Å². The Labute approximate surface area is 158 Å². The van der Waals surface area contributed by atoms with Crippen LogP contribution in [-0.4, -0.2) is 24.0 Å². The number of rotatable bonds is 5. The number of amides is 2. The number of methoxy groups -OCH3 is 1. The van der Waals surface area contributed by atoms with E-state index in [2.05, 4.69) is 5.32 Å². The Balaban J connectivity index is 2.00. The number of ether oxygens (including phenoxy) is 1. The second-order valence-corrected chi connectivity index (χ2v) is 6.58. The first kappa shape index (κ1) is 18.1. The van der Waals surface area contributed by atoms with Gasteiger partial charge in [0.15, 0.2) is 5.11 Å². The fraction of sp³-hybridized carbons (Fsp3) is 0.250. The van der Waals surface area contributed by atoms with Crippen LogP contribution in [-0.2, 0) is 16.0 Å². The quantitative estimate of drug-likeness (QED) is 0.651. The third kappa shape index (κ3) is 3.08. The molecule has 0 bridgehead atoms. The SMILES string of the molecule is CC[C@@]1(Cc2ccccc2)C(=O)NC(=S)N(c2ccc(OC)cc2)C1=O. The van der Waals surface area contributed by atoms with Gasteiger partial charge in [-0.05, 0) is 54.9 Å². The van der Waals surface area contributed by atoms with Crippen LogP contribution in [0.5, 0.6) is 5.75 Å². The van der Waals surface area contributed by atoms with E-state index in [0.29, 0.717) is 24.3 Å². The molecule has 0 radical (unpaired) electrons. The minimum absolute atomic E-state index is 0.0994. The zero-order chi connectivity index (χ0) is 18.7. The summed E-state index contributed by atoms with van der Waals surface area (Å²) in [5.41, 5.74) is 0.343. The van der Waals surface area contributed by atoms with E-state index in [9.17, 15) is 9.59 Å². The van der Waals surface area contributed by atoms with Crippen LogP contribution in [0.25, 0.3) is 0 Å². The zero-order valence-corrected chi connectivity index (χ0v) is 15.5. The van der Waals surface area contributed by atoms with Crippen molar-refractivity contribution in [3.05, 3.63) is 60.2 Å². The Kier molecular flexibility index (Phi) is 5.04. The van der Waals surface area contributed by atoms with Gasteiger partial charge in [-0.2, -0.15) is 0 Å². The van der Waals surface area contributed by atoms with E-state index in [1.807, 2.05) is 37.3 Å². The lowest BCUT2D eigenvalue weighted by Crippen LogP contribution is -2.64. The predicted octanol–water partition coefficient (Wildman–Crippen LogP) is 3.08. The number of hydrogen-bond acceptors (Lipinski definition) is 4. The second kappa shape index (κ2) is 7.25. The first-order chi connectivity index (χ1) is 12.5. The molecule has 0 aliphatic carbocycles. The summed E-state index contributed by atoms with van der Waals surface area (Å²) in [6, 6.07) is 16.6. The lowest BCUT2D eigenvalue weighted by atomic mass is 9.76.